The Kier molecular flexibility index (Phi) is 6.11. The Morgan fingerprint density at radius 2 is 2.09 bits per heavy atom. The van der Waals surface area contributed by atoms with Crippen molar-refractivity contribution >= 4 is 44.9 Å². The van der Waals surface area contributed by atoms with Crippen LogP contribution in [-0.4, -0.2) is 36.4 Å². The molecule has 1 aromatic carbocycles. The molecule has 3 aromatic heterocycles. The fourth-order valence-electron chi connectivity index (χ4n) is 4.05. The van der Waals surface area contributed by atoms with E-state index in [-0.39, 0.29) is 17.5 Å². The van der Waals surface area contributed by atoms with E-state index in [1.165, 1.54) is 29.0 Å². The smallest absolute Gasteiger partial charge is 0.234 e. The van der Waals surface area contributed by atoms with Crippen LogP contribution in [0.4, 0.5) is 10.1 Å². The average molecular weight is 483 g/mol. The predicted octanol–water partition coefficient (Wildman–Crippen LogP) is 5.16. The van der Waals surface area contributed by atoms with Gasteiger partial charge in [-0.25, -0.2) is 14.4 Å². The Hall–Kier alpha value is -2.85. The fourth-order valence-corrected chi connectivity index (χ4v) is 5.97. The molecule has 0 saturated heterocycles. The van der Waals surface area contributed by atoms with Crippen LogP contribution in [0.25, 0.3) is 21.6 Å². The number of thiophene rings is 1. The van der Waals surface area contributed by atoms with Gasteiger partial charge in [-0.15, -0.1) is 21.5 Å². The highest BCUT2D eigenvalue weighted by Gasteiger charge is 2.20. The number of fused-ring (bicyclic) bond motifs is 2. The molecule has 0 atom stereocenters. The summed E-state index contributed by atoms with van der Waals surface area (Å²) in [4.78, 5) is 23.5. The first kappa shape index (κ1) is 22.0. The lowest BCUT2D eigenvalue weighted by Gasteiger charge is -2.10. The van der Waals surface area contributed by atoms with Crippen LogP contribution in [0.3, 0.4) is 0 Å². The highest BCUT2D eigenvalue weighted by atomic mass is 32.2. The summed E-state index contributed by atoms with van der Waals surface area (Å²) in [6.07, 6.45) is 5.60. The molecular formula is C23H23FN6OS2. The second-order valence-corrected chi connectivity index (χ2v) is 10.2. The van der Waals surface area contributed by atoms with E-state index in [1.54, 1.807) is 23.5 Å². The van der Waals surface area contributed by atoms with Crippen molar-refractivity contribution in [3.63, 3.8) is 0 Å². The van der Waals surface area contributed by atoms with E-state index in [0.29, 0.717) is 17.1 Å². The molecule has 1 N–H and O–H groups in total. The first-order chi connectivity index (χ1) is 16.0. The summed E-state index contributed by atoms with van der Waals surface area (Å²) in [7, 11) is 0. The number of anilines is 1. The summed E-state index contributed by atoms with van der Waals surface area (Å²) >= 11 is 3.00. The number of amides is 1. The zero-order valence-electron chi connectivity index (χ0n) is 18.4. The average Bonchev–Trinajstić information content (AvgIpc) is 3.23. The zero-order valence-corrected chi connectivity index (χ0v) is 20.0. The molecule has 0 spiro atoms. The van der Waals surface area contributed by atoms with Gasteiger partial charge in [-0.2, -0.15) is 0 Å². The second kappa shape index (κ2) is 9.18. The number of nitrogens with zero attached hydrogens (tertiary/aromatic N) is 5. The largest absolute Gasteiger partial charge is 0.325 e. The molecule has 1 aliphatic heterocycles. The van der Waals surface area contributed by atoms with E-state index in [9.17, 15) is 9.18 Å². The standard InChI is InChI=1S/C23H23FN6OS2/c1-13-14(2)33-23-20(13)22(25-12-26-23)32-11-19(31)27-15-7-8-17(24)16(10-15)21-29-28-18-6-4-3-5-9-30(18)21/h7-8,10,12H,3-6,9,11H2,1-2H3,(H,27,31). The van der Waals surface area contributed by atoms with Crippen molar-refractivity contribution < 1.29 is 9.18 Å². The maximum Gasteiger partial charge on any atom is 0.234 e. The van der Waals surface area contributed by atoms with Gasteiger partial charge in [0.05, 0.1) is 11.3 Å². The highest BCUT2D eigenvalue weighted by Crippen LogP contribution is 2.34. The van der Waals surface area contributed by atoms with Crippen molar-refractivity contribution in [2.75, 3.05) is 11.1 Å². The second-order valence-electron chi connectivity index (χ2n) is 8.08. The van der Waals surface area contributed by atoms with Crippen LogP contribution in [0.15, 0.2) is 29.6 Å². The first-order valence-electron chi connectivity index (χ1n) is 10.9. The summed E-state index contributed by atoms with van der Waals surface area (Å²) in [6.45, 7) is 4.88. The van der Waals surface area contributed by atoms with Crippen LogP contribution in [0, 0.1) is 19.7 Å². The molecule has 33 heavy (non-hydrogen) atoms. The van der Waals surface area contributed by atoms with Gasteiger partial charge in [-0.1, -0.05) is 18.2 Å². The molecule has 0 aliphatic carbocycles. The lowest BCUT2D eigenvalue weighted by atomic mass is 10.1. The number of halogens is 1. The molecule has 4 heterocycles. The molecule has 0 fully saturated rings. The van der Waals surface area contributed by atoms with Crippen LogP contribution < -0.4 is 5.32 Å². The van der Waals surface area contributed by atoms with Gasteiger partial charge in [-0.3, -0.25) is 4.79 Å². The van der Waals surface area contributed by atoms with E-state index < -0.39 is 0 Å². The number of carbonyl (C=O) groups is 1. The molecule has 1 amide bonds. The Morgan fingerprint density at radius 1 is 1.21 bits per heavy atom. The lowest BCUT2D eigenvalue weighted by Crippen LogP contribution is -2.14. The molecule has 4 aromatic rings. The third-order valence-corrected chi connectivity index (χ3v) is 7.98. The van der Waals surface area contributed by atoms with E-state index in [0.717, 1.165) is 58.9 Å². The van der Waals surface area contributed by atoms with Crippen molar-refractivity contribution in [1.82, 2.24) is 24.7 Å². The summed E-state index contributed by atoms with van der Waals surface area (Å²) in [6, 6.07) is 4.56. The third kappa shape index (κ3) is 4.37. The molecule has 7 nitrogen and oxygen atoms in total. The van der Waals surface area contributed by atoms with Crippen LogP contribution in [0.1, 0.15) is 35.5 Å². The van der Waals surface area contributed by atoms with Gasteiger partial charge in [0.15, 0.2) is 5.82 Å². The van der Waals surface area contributed by atoms with Crippen molar-refractivity contribution in [3.8, 4) is 11.4 Å². The van der Waals surface area contributed by atoms with Crippen LogP contribution in [0.5, 0.6) is 0 Å². The fraction of sp³-hybridized carbons (Fsp3) is 0.348. The maximum absolute atomic E-state index is 14.7. The van der Waals surface area contributed by atoms with Gasteiger partial charge in [0, 0.05) is 28.9 Å². The lowest BCUT2D eigenvalue weighted by molar-refractivity contribution is -0.113. The molecular weight excluding hydrogens is 459 g/mol. The van der Waals surface area contributed by atoms with Gasteiger partial charge in [0.2, 0.25) is 5.91 Å². The Bertz CT molecular complexity index is 1350. The number of hydrogen-bond acceptors (Lipinski definition) is 7. The maximum atomic E-state index is 14.7. The number of aromatic nitrogens is 5. The molecule has 0 saturated carbocycles. The quantitative estimate of drug-likeness (QED) is 0.312. The minimum atomic E-state index is -0.381. The van der Waals surface area contributed by atoms with Crippen LogP contribution in [0.2, 0.25) is 0 Å². The van der Waals surface area contributed by atoms with Crippen molar-refractivity contribution in [1.29, 1.82) is 0 Å². The van der Waals surface area contributed by atoms with Crippen molar-refractivity contribution in [2.24, 2.45) is 0 Å². The first-order valence-corrected chi connectivity index (χ1v) is 12.7. The van der Waals surface area contributed by atoms with E-state index >= 15 is 0 Å². The molecule has 1 aliphatic rings. The Morgan fingerprint density at radius 3 is 2.97 bits per heavy atom. The van der Waals surface area contributed by atoms with Crippen LogP contribution in [-0.2, 0) is 17.8 Å². The Balaban J connectivity index is 1.33. The Labute approximate surface area is 198 Å². The zero-order chi connectivity index (χ0) is 22.9. The minimum Gasteiger partial charge on any atom is -0.325 e. The van der Waals surface area contributed by atoms with Gasteiger partial charge >= 0.3 is 0 Å². The predicted molar refractivity (Wildman–Crippen MR) is 129 cm³/mol. The molecule has 0 radical (unpaired) electrons. The molecule has 5 rings (SSSR count). The summed E-state index contributed by atoms with van der Waals surface area (Å²) < 4.78 is 16.7. The van der Waals surface area contributed by atoms with Crippen molar-refractivity contribution in [3.05, 3.63) is 46.6 Å². The number of benzene rings is 1. The van der Waals surface area contributed by atoms with E-state index in [4.69, 9.17) is 0 Å². The SMILES string of the molecule is Cc1sc2ncnc(SCC(=O)Nc3ccc(F)c(-c4nnc5n4CCCCC5)c3)c2c1C. The number of rotatable bonds is 5. The summed E-state index contributed by atoms with van der Waals surface area (Å²) in [5.41, 5.74) is 2.02. The number of nitrogens with one attached hydrogen (secondary N) is 1. The molecule has 10 heteroatoms. The minimum absolute atomic E-state index is 0.186. The van der Waals surface area contributed by atoms with Gasteiger partial charge in [-0.05, 0) is 50.5 Å². The van der Waals surface area contributed by atoms with Crippen molar-refractivity contribution in [2.45, 2.75) is 51.1 Å². The monoisotopic (exact) mass is 482 g/mol. The topological polar surface area (TPSA) is 85.6 Å². The summed E-state index contributed by atoms with van der Waals surface area (Å²) in [5, 5.41) is 13.2. The molecule has 170 valence electrons. The van der Waals surface area contributed by atoms with Gasteiger partial charge < -0.3 is 9.88 Å². The summed E-state index contributed by atoms with van der Waals surface area (Å²) in [5.74, 6) is 1.03. The van der Waals surface area contributed by atoms with E-state index in [2.05, 4.69) is 32.4 Å². The number of thioether (sulfide) groups is 1. The highest BCUT2D eigenvalue weighted by molar-refractivity contribution is 8.00. The van der Waals surface area contributed by atoms with Gasteiger partial charge in [0.25, 0.3) is 0 Å². The number of hydrogen-bond donors (Lipinski definition) is 1. The molecule has 0 bridgehead atoms. The van der Waals surface area contributed by atoms with Crippen LogP contribution >= 0.6 is 23.1 Å². The number of aryl methyl sites for hydroxylation is 3. The van der Waals surface area contributed by atoms with E-state index in [1.807, 2.05) is 11.5 Å². The normalized spacial score (nSPS) is 13.7. The third-order valence-electron chi connectivity index (χ3n) is 5.87. The number of carbonyl (C=O) groups excluding carboxylic acids is 1. The van der Waals surface area contributed by atoms with Gasteiger partial charge in [0.1, 0.15) is 27.8 Å². The molecule has 0 unspecified atom stereocenters.